The van der Waals surface area contributed by atoms with Crippen LogP contribution in [0.25, 0.3) is 0 Å². The normalized spacial score (nSPS) is 18.2. The Morgan fingerprint density at radius 3 is 2.36 bits per heavy atom. The molecule has 6 heteroatoms. The molecule has 0 bridgehead atoms. The molecule has 2 heterocycles. The lowest BCUT2D eigenvalue weighted by molar-refractivity contribution is 0.143. The van der Waals surface area contributed by atoms with Gasteiger partial charge < -0.3 is 15.0 Å². The van der Waals surface area contributed by atoms with Crippen molar-refractivity contribution in [2.75, 3.05) is 31.5 Å². The van der Waals surface area contributed by atoms with E-state index >= 15 is 0 Å². The Kier molecular flexibility index (Phi) is 6.07. The number of hydrogen-bond donors (Lipinski definition) is 1. The minimum Gasteiger partial charge on any atom is -0.490 e. The van der Waals surface area contributed by atoms with Crippen molar-refractivity contribution in [1.82, 2.24) is 14.8 Å². The number of benzene rings is 1. The lowest BCUT2D eigenvalue weighted by Crippen LogP contribution is -2.49. The van der Waals surface area contributed by atoms with Crippen molar-refractivity contribution < 1.29 is 9.53 Å². The number of anilines is 1. The van der Waals surface area contributed by atoms with Gasteiger partial charge in [-0.2, -0.15) is 0 Å². The molecule has 2 aromatic rings. The second-order valence-corrected chi connectivity index (χ2v) is 7.60. The molecule has 1 aliphatic carbocycles. The van der Waals surface area contributed by atoms with Crippen LogP contribution in [0.4, 0.5) is 10.5 Å². The Bertz CT molecular complexity index is 752. The number of hydrogen-bond acceptors (Lipinski definition) is 4. The van der Waals surface area contributed by atoms with Gasteiger partial charge in [-0.05, 0) is 67.6 Å². The minimum absolute atomic E-state index is 0.0342. The third-order valence-corrected chi connectivity index (χ3v) is 5.53. The molecule has 1 saturated carbocycles. The van der Waals surface area contributed by atoms with Gasteiger partial charge in [0.2, 0.25) is 0 Å². The fourth-order valence-corrected chi connectivity index (χ4v) is 3.87. The van der Waals surface area contributed by atoms with Gasteiger partial charge in [-0.25, -0.2) is 4.79 Å². The van der Waals surface area contributed by atoms with Crippen molar-refractivity contribution >= 4 is 11.7 Å². The van der Waals surface area contributed by atoms with E-state index in [4.69, 9.17) is 4.74 Å². The topological polar surface area (TPSA) is 57.7 Å². The summed E-state index contributed by atoms with van der Waals surface area (Å²) in [5.74, 6) is 0.884. The Labute approximate surface area is 166 Å². The third-order valence-electron chi connectivity index (χ3n) is 5.53. The number of aromatic nitrogens is 1. The van der Waals surface area contributed by atoms with Crippen LogP contribution in [0.1, 0.15) is 31.2 Å². The monoisotopic (exact) mass is 380 g/mol. The van der Waals surface area contributed by atoms with Crippen LogP contribution in [0, 0.1) is 0 Å². The molecular formula is C22H28N4O2. The fourth-order valence-electron chi connectivity index (χ4n) is 3.87. The van der Waals surface area contributed by atoms with E-state index in [0.717, 1.165) is 57.0 Å². The Morgan fingerprint density at radius 1 is 1.00 bits per heavy atom. The largest absolute Gasteiger partial charge is 0.490 e. The summed E-state index contributed by atoms with van der Waals surface area (Å²) in [5.41, 5.74) is 2.07. The Hall–Kier alpha value is -2.60. The van der Waals surface area contributed by atoms with Crippen LogP contribution in [0.2, 0.25) is 0 Å². The number of carbonyl (C=O) groups is 1. The first-order valence-corrected chi connectivity index (χ1v) is 10.2. The zero-order chi connectivity index (χ0) is 19.2. The van der Waals surface area contributed by atoms with Gasteiger partial charge in [0.25, 0.3) is 0 Å². The van der Waals surface area contributed by atoms with Gasteiger partial charge in [0.1, 0.15) is 5.75 Å². The van der Waals surface area contributed by atoms with Crippen LogP contribution in [0.3, 0.4) is 0 Å². The summed E-state index contributed by atoms with van der Waals surface area (Å²) in [4.78, 5) is 20.9. The van der Waals surface area contributed by atoms with Gasteiger partial charge in [0, 0.05) is 50.8 Å². The number of piperazine rings is 1. The summed E-state index contributed by atoms with van der Waals surface area (Å²) in [6, 6.07) is 11.8. The van der Waals surface area contributed by atoms with Crippen LogP contribution >= 0.6 is 0 Å². The highest BCUT2D eigenvalue weighted by molar-refractivity contribution is 5.89. The van der Waals surface area contributed by atoms with Crippen LogP contribution < -0.4 is 10.1 Å². The molecule has 1 saturated heterocycles. The average Bonchev–Trinajstić information content (AvgIpc) is 3.24. The fraction of sp³-hybridized carbons (Fsp3) is 0.455. The van der Waals surface area contributed by atoms with Gasteiger partial charge in [0.15, 0.2) is 0 Å². The van der Waals surface area contributed by atoms with Crippen molar-refractivity contribution in [2.24, 2.45) is 0 Å². The molecule has 1 N–H and O–H groups in total. The predicted molar refractivity (Wildman–Crippen MR) is 109 cm³/mol. The highest BCUT2D eigenvalue weighted by atomic mass is 16.5. The van der Waals surface area contributed by atoms with Gasteiger partial charge in [-0.1, -0.05) is 0 Å². The van der Waals surface area contributed by atoms with Crippen LogP contribution in [-0.4, -0.2) is 53.1 Å². The van der Waals surface area contributed by atoms with E-state index in [1.54, 1.807) is 0 Å². The number of amides is 2. The van der Waals surface area contributed by atoms with E-state index in [0.29, 0.717) is 6.10 Å². The molecule has 1 aliphatic heterocycles. The van der Waals surface area contributed by atoms with Crippen molar-refractivity contribution in [3.8, 4) is 5.75 Å². The molecule has 2 aliphatic rings. The summed E-state index contributed by atoms with van der Waals surface area (Å²) >= 11 is 0. The second kappa shape index (κ2) is 9.06. The molecule has 6 nitrogen and oxygen atoms in total. The second-order valence-electron chi connectivity index (χ2n) is 7.60. The number of rotatable bonds is 5. The minimum atomic E-state index is -0.0342. The molecule has 0 unspecified atom stereocenters. The SMILES string of the molecule is O=C(Nc1ccc(OC2CCCC2)cc1)N1CCN(Cc2ccncc2)CC1. The molecule has 2 fully saturated rings. The van der Waals surface area contributed by atoms with Crippen LogP contribution in [-0.2, 0) is 6.54 Å². The van der Waals surface area contributed by atoms with E-state index < -0.39 is 0 Å². The van der Waals surface area contributed by atoms with Crippen LogP contribution in [0.5, 0.6) is 5.75 Å². The van der Waals surface area contributed by atoms with E-state index in [1.165, 1.54) is 18.4 Å². The molecule has 1 aromatic heterocycles. The first-order valence-electron chi connectivity index (χ1n) is 10.2. The lowest BCUT2D eigenvalue weighted by Gasteiger charge is -2.34. The molecule has 1 aromatic carbocycles. The van der Waals surface area contributed by atoms with Gasteiger partial charge in [-0.3, -0.25) is 9.88 Å². The highest BCUT2D eigenvalue weighted by Gasteiger charge is 2.21. The summed E-state index contributed by atoms with van der Waals surface area (Å²) in [6.07, 6.45) is 8.80. The molecule has 0 spiro atoms. The van der Waals surface area contributed by atoms with Gasteiger partial charge >= 0.3 is 6.03 Å². The third kappa shape index (κ3) is 5.01. The van der Waals surface area contributed by atoms with Gasteiger partial charge in [0.05, 0.1) is 6.10 Å². The molecule has 2 amide bonds. The molecule has 0 radical (unpaired) electrons. The standard InChI is InChI=1S/C22H28N4O2/c27-22(24-19-5-7-21(8-6-19)28-20-3-1-2-4-20)26-15-13-25(14-16-26)17-18-9-11-23-12-10-18/h5-12,20H,1-4,13-17H2,(H,24,27). The van der Waals surface area contributed by atoms with Crippen molar-refractivity contribution in [2.45, 2.75) is 38.3 Å². The number of nitrogens with one attached hydrogen (secondary N) is 1. The first-order chi connectivity index (χ1) is 13.8. The average molecular weight is 380 g/mol. The molecule has 0 atom stereocenters. The Balaban J connectivity index is 1.23. The molecule has 148 valence electrons. The van der Waals surface area contributed by atoms with Crippen LogP contribution in [0.15, 0.2) is 48.8 Å². The van der Waals surface area contributed by atoms with E-state index in [1.807, 2.05) is 53.7 Å². The number of pyridine rings is 1. The summed E-state index contributed by atoms with van der Waals surface area (Å²) in [5, 5.41) is 3.00. The highest BCUT2D eigenvalue weighted by Crippen LogP contribution is 2.25. The summed E-state index contributed by atoms with van der Waals surface area (Å²) < 4.78 is 5.98. The smallest absolute Gasteiger partial charge is 0.321 e. The predicted octanol–water partition coefficient (Wildman–Crippen LogP) is 3.75. The maximum atomic E-state index is 12.6. The van der Waals surface area contributed by atoms with E-state index in [2.05, 4.69) is 15.2 Å². The molecule has 4 rings (SSSR count). The maximum Gasteiger partial charge on any atom is 0.321 e. The molecular weight excluding hydrogens is 352 g/mol. The first kappa shape index (κ1) is 18.7. The van der Waals surface area contributed by atoms with E-state index in [9.17, 15) is 4.79 Å². The maximum absolute atomic E-state index is 12.6. The zero-order valence-corrected chi connectivity index (χ0v) is 16.2. The lowest BCUT2D eigenvalue weighted by atomic mass is 10.2. The van der Waals surface area contributed by atoms with Crippen molar-refractivity contribution in [1.29, 1.82) is 0 Å². The van der Waals surface area contributed by atoms with Crippen molar-refractivity contribution in [3.63, 3.8) is 0 Å². The van der Waals surface area contributed by atoms with Gasteiger partial charge in [-0.15, -0.1) is 0 Å². The number of nitrogens with zero attached hydrogens (tertiary/aromatic N) is 3. The zero-order valence-electron chi connectivity index (χ0n) is 16.2. The van der Waals surface area contributed by atoms with E-state index in [-0.39, 0.29) is 6.03 Å². The Morgan fingerprint density at radius 2 is 1.68 bits per heavy atom. The van der Waals surface area contributed by atoms with Crippen molar-refractivity contribution in [3.05, 3.63) is 54.4 Å². The number of ether oxygens (including phenoxy) is 1. The number of carbonyl (C=O) groups excluding carboxylic acids is 1. The quantitative estimate of drug-likeness (QED) is 0.858. The summed E-state index contributed by atoms with van der Waals surface area (Å²) in [7, 11) is 0. The molecule has 28 heavy (non-hydrogen) atoms. The summed E-state index contributed by atoms with van der Waals surface area (Å²) in [6.45, 7) is 4.13. The number of urea groups is 1.